The first kappa shape index (κ1) is 17.9. The lowest BCUT2D eigenvalue weighted by atomic mass is 9.89. The Morgan fingerprint density at radius 2 is 2.04 bits per heavy atom. The van der Waals surface area contributed by atoms with Crippen LogP contribution < -0.4 is 4.74 Å². The highest BCUT2D eigenvalue weighted by Crippen LogP contribution is 2.33. The fourth-order valence-corrected chi connectivity index (χ4v) is 4.00. The Bertz CT molecular complexity index is 953. The van der Waals surface area contributed by atoms with Crippen LogP contribution in [-0.4, -0.2) is 40.1 Å². The quantitative estimate of drug-likeness (QED) is 0.690. The van der Waals surface area contributed by atoms with Crippen LogP contribution in [0.5, 0.6) is 5.88 Å². The molecule has 1 saturated heterocycles. The van der Waals surface area contributed by atoms with Gasteiger partial charge < -0.3 is 9.15 Å². The second-order valence-electron chi connectivity index (χ2n) is 7.39. The topological polar surface area (TPSA) is 64.3 Å². The molecule has 0 spiro atoms. The van der Waals surface area contributed by atoms with Gasteiger partial charge in [-0.25, -0.2) is 9.97 Å². The molecule has 0 aromatic carbocycles. The predicted molar refractivity (Wildman–Crippen MR) is 104 cm³/mol. The van der Waals surface area contributed by atoms with Gasteiger partial charge in [0, 0.05) is 31.3 Å². The van der Waals surface area contributed by atoms with Crippen molar-refractivity contribution in [2.45, 2.75) is 45.6 Å². The molecular weight excluding hydrogens is 340 g/mol. The van der Waals surface area contributed by atoms with E-state index in [0.29, 0.717) is 23.3 Å². The van der Waals surface area contributed by atoms with Crippen LogP contribution in [0.3, 0.4) is 0 Å². The monoisotopic (exact) mass is 366 g/mol. The molecule has 3 aromatic heterocycles. The Balaban J connectivity index is 1.55. The van der Waals surface area contributed by atoms with E-state index in [2.05, 4.69) is 40.0 Å². The lowest BCUT2D eigenvalue weighted by Gasteiger charge is -2.36. The smallest absolute Gasteiger partial charge is 0.213 e. The molecule has 3 aromatic rings. The highest BCUT2D eigenvalue weighted by Gasteiger charge is 2.27. The zero-order valence-corrected chi connectivity index (χ0v) is 16.4. The van der Waals surface area contributed by atoms with Crippen molar-refractivity contribution in [1.29, 1.82) is 0 Å². The molecule has 0 amide bonds. The van der Waals surface area contributed by atoms with Crippen LogP contribution in [0.2, 0.25) is 0 Å². The van der Waals surface area contributed by atoms with Crippen LogP contribution in [0.15, 0.2) is 28.7 Å². The van der Waals surface area contributed by atoms with E-state index in [4.69, 9.17) is 14.1 Å². The van der Waals surface area contributed by atoms with E-state index >= 15 is 0 Å². The van der Waals surface area contributed by atoms with E-state index in [1.54, 1.807) is 7.11 Å². The van der Waals surface area contributed by atoms with Gasteiger partial charge in [0.25, 0.3) is 0 Å². The maximum absolute atomic E-state index is 5.55. The summed E-state index contributed by atoms with van der Waals surface area (Å²) >= 11 is 0. The van der Waals surface area contributed by atoms with Crippen molar-refractivity contribution in [3.8, 4) is 5.88 Å². The molecule has 0 aliphatic carbocycles. The molecule has 2 atom stereocenters. The first-order valence-electron chi connectivity index (χ1n) is 9.54. The number of aryl methyl sites for hydroxylation is 2. The van der Waals surface area contributed by atoms with Crippen molar-refractivity contribution >= 4 is 11.2 Å². The van der Waals surface area contributed by atoms with E-state index in [9.17, 15) is 0 Å². The van der Waals surface area contributed by atoms with Crippen LogP contribution in [0.1, 0.15) is 54.6 Å². The predicted octanol–water partition coefficient (Wildman–Crippen LogP) is 4.18. The number of ether oxygens (including phenoxy) is 1. The van der Waals surface area contributed by atoms with Crippen LogP contribution in [0.25, 0.3) is 11.2 Å². The van der Waals surface area contributed by atoms with Crippen molar-refractivity contribution in [3.05, 3.63) is 47.1 Å². The van der Waals surface area contributed by atoms with Gasteiger partial charge in [-0.3, -0.25) is 4.90 Å². The van der Waals surface area contributed by atoms with Gasteiger partial charge in [0.2, 0.25) is 5.88 Å². The first-order chi connectivity index (χ1) is 13.0. The largest absolute Gasteiger partial charge is 0.481 e. The molecule has 6 heteroatoms. The summed E-state index contributed by atoms with van der Waals surface area (Å²) in [6.45, 7) is 8.18. The number of fused-ring (bicyclic) bond motifs is 1. The van der Waals surface area contributed by atoms with Gasteiger partial charge in [-0.2, -0.15) is 4.98 Å². The lowest BCUT2D eigenvalue weighted by molar-refractivity contribution is 0.155. The van der Waals surface area contributed by atoms with Gasteiger partial charge in [-0.1, -0.05) is 0 Å². The standard InChI is InChI=1S/C21H26N4O2/c1-13-10-17(11-20(22-13)26-4)16-6-5-9-25(12-16)14(2)18-7-8-19-21(24-18)23-15(3)27-19/h7-8,10-11,14,16H,5-6,9,12H2,1-4H3. The molecule has 0 saturated carbocycles. The summed E-state index contributed by atoms with van der Waals surface area (Å²) in [6, 6.07) is 8.53. The Morgan fingerprint density at radius 3 is 2.85 bits per heavy atom. The minimum absolute atomic E-state index is 0.235. The van der Waals surface area contributed by atoms with Crippen LogP contribution in [0.4, 0.5) is 0 Å². The normalized spacial score (nSPS) is 19.3. The van der Waals surface area contributed by atoms with E-state index in [1.165, 1.54) is 18.4 Å². The molecule has 0 radical (unpaired) electrons. The van der Waals surface area contributed by atoms with Gasteiger partial charge in [-0.05, 0) is 62.9 Å². The second kappa shape index (κ2) is 7.27. The van der Waals surface area contributed by atoms with Crippen LogP contribution in [0, 0.1) is 13.8 Å². The number of hydrogen-bond donors (Lipinski definition) is 0. The second-order valence-corrected chi connectivity index (χ2v) is 7.39. The fourth-order valence-electron chi connectivity index (χ4n) is 4.00. The zero-order valence-electron chi connectivity index (χ0n) is 16.4. The van der Waals surface area contributed by atoms with Crippen molar-refractivity contribution in [2.75, 3.05) is 20.2 Å². The molecule has 0 bridgehead atoms. The zero-order chi connectivity index (χ0) is 19.0. The van der Waals surface area contributed by atoms with Gasteiger partial charge in [0.15, 0.2) is 17.1 Å². The molecule has 4 heterocycles. The molecule has 1 aliphatic rings. The third kappa shape index (κ3) is 3.67. The number of methoxy groups -OCH3 is 1. The Kier molecular flexibility index (Phi) is 4.83. The number of pyridine rings is 2. The fraction of sp³-hybridized carbons (Fsp3) is 0.476. The molecular formula is C21H26N4O2. The maximum Gasteiger partial charge on any atom is 0.213 e. The number of nitrogens with zero attached hydrogens (tertiary/aromatic N) is 4. The van der Waals surface area contributed by atoms with Gasteiger partial charge in [0.05, 0.1) is 12.8 Å². The minimum Gasteiger partial charge on any atom is -0.481 e. The summed E-state index contributed by atoms with van der Waals surface area (Å²) in [4.78, 5) is 16.0. The molecule has 142 valence electrons. The molecule has 6 nitrogen and oxygen atoms in total. The van der Waals surface area contributed by atoms with E-state index in [-0.39, 0.29) is 6.04 Å². The van der Waals surface area contributed by atoms with Gasteiger partial charge in [0.1, 0.15) is 0 Å². The molecule has 2 unspecified atom stereocenters. The Labute approximate surface area is 159 Å². The molecule has 1 fully saturated rings. The number of aromatic nitrogens is 3. The highest BCUT2D eigenvalue weighted by molar-refractivity contribution is 5.67. The van der Waals surface area contributed by atoms with Crippen LogP contribution in [-0.2, 0) is 0 Å². The van der Waals surface area contributed by atoms with Gasteiger partial charge in [-0.15, -0.1) is 0 Å². The summed E-state index contributed by atoms with van der Waals surface area (Å²) in [6.07, 6.45) is 2.36. The van der Waals surface area contributed by atoms with E-state index in [0.717, 1.165) is 30.1 Å². The molecule has 27 heavy (non-hydrogen) atoms. The summed E-state index contributed by atoms with van der Waals surface area (Å²) < 4.78 is 10.9. The van der Waals surface area contributed by atoms with Crippen molar-refractivity contribution in [1.82, 2.24) is 19.9 Å². The van der Waals surface area contributed by atoms with Crippen LogP contribution >= 0.6 is 0 Å². The number of likely N-dealkylation sites (tertiary alicyclic amines) is 1. The van der Waals surface area contributed by atoms with E-state index in [1.807, 2.05) is 19.9 Å². The average molecular weight is 366 g/mol. The average Bonchev–Trinajstić information content (AvgIpc) is 3.06. The molecule has 0 N–H and O–H groups in total. The van der Waals surface area contributed by atoms with Crippen molar-refractivity contribution < 1.29 is 9.15 Å². The highest BCUT2D eigenvalue weighted by atomic mass is 16.5. The summed E-state index contributed by atoms with van der Waals surface area (Å²) in [5.41, 5.74) is 4.80. The van der Waals surface area contributed by atoms with Crippen molar-refractivity contribution in [2.24, 2.45) is 0 Å². The summed E-state index contributed by atoms with van der Waals surface area (Å²) in [5.74, 6) is 1.83. The SMILES string of the molecule is COc1cc(C2CCCN(C(C)c3ccc4oc(C)nc4n3)C2)cc(C)n1. The van der Waals surface area contributed by atoms with Crippen molar-refractivity contribution in [3.63, 3.8) is 0 Å². The van der Waals surface area contributed by atoms with Gasteiger partial charge >= 0.3 is 0 Å². The summed E-state index contributed by atoms with van der Waals surface area (Å²) in [5, 5.41) is 0. The Hall–Kier alpha value is -2.47. The number of piperidine rings is 1. The number of rotatable bonds is 4. The number of hydrogen-bond acceptors (Lipinski definition) is 6. The summed E-state index contributed by atoms with van der Waals surface area (Å²) in [7, 11) is 1.67. The minimum atomic E-state index is 0.235. The van der Waals surface area contributed by atoms with E-state index < -0.39 is 0 Å². The first-order valence-corrected chi connectivity index (χ1v) is 9.54. The molecule has 1 aliphatic heterocycles. The number of oxazole rings is 1. The third-order valence-electron chi connectivity index (χ3n) is 5.44. The molecule has 4 rings (SSSR count). The maximum atomic E-state index is 5.55. The third-order valence-corrected chi connectivity index (χ3v) is 5.44. The lowest BCUT2D eigenvalue weighted by Crippen LogP contribution is -2.36. The Morgan fingerprint density at radius 1 is 1.19 bits per heavy atom.